The maximum atomic E-state index is 11.2. The van der Waals surface area contributed by atoms with E-state index in [1.165, 1.54) is 57.8 Å². The molecule has 5 atom stereocenters. The topological polar surface area (TPSA) is 838 Å². The lowest BCUT2D eigenvalue weighted by atomic mass is 9.96. The van der Waals surface area contributed by atoms with Gasteiger partial charge in [-0.05, 0) is 125 Å². The molecule has 3 fully saturated rings. The van der Waals surface area contributed by atoms with Crippen LogP contribution in [-0.4, -0.2) is 308 Å². The Bertz CT molecular complexity index is 4720. The number of aromatic nitrogens is 18. The van der Waals surface area contributed by atoms with Gasteiger partial charge in [-0.1, -0.05) is 74.5 Å². The van der Waals surface area contributed by atoms with Crippen molar-refractivity contribution in [3.63, 3.8) is 0 Å². The Morgan fingerprint density at radius 2 is 0.973 bits per heavy atom. The fourth-order valence-corrected chi connectivity index (χ4v) is 30.1. The molecule has 149 heavy (non-hydrogen) atoms. The number of nitrogens with zero attached hydrogens (tertiary/aromatic N) is 25. The summed E-state index contributed by atoms with van der Waals surface area (Å²) >= 11 is 0. The molecular weight excluding hydrogens is 2050 g/mol. The van der Waals surface area contributed by atoms with Gasteiger partial charge in [-0.25, -0.2) is 40.1 Å². The Labute approximate surface area is 880 Å². The van der Waals surface area contributed by atoms with Crippen molar-refractivity contribution in [3.05, 3.63) is 140 Å². The largest absolute Gasteiger partial charge is 0.375 e. The molecule has 0 aliphatic carbocycles. The second-order valence-electron chi connectivity index (χ2n) is 29.0. The molecular formula is C82H177N49O12P6. The van der Waals surface area contributed by atoms with Crippen LogP contribution in [0.15, 0.2) is 132 Å². The highest BCUT2D eigenvalue weighted by atomic mass is 31.3. The van der Waals surface area contributed by atoms with Crippen LogP contribution in [0.3, 0.4) is 0 Å². The second-order valence-corrected chi connectivity index (χ2v) is 43.6. The van der Waals surface area contributed by atoms with E-state index in [0.29, 0.717) is 105 Å². The molecule has 0 spiro atoms. The first kappa shape index (κ1) is 142. The molecule has 0 bridgehead atoms. The number of nitrogens with one attached hydrogen (secondary N) is 17. The summed E-state index contributed by atoms with van der Waals surface area (Å²) in [5.74, 6) is 7.21. The maximum Gasteiger partial charge on any atom is 0.353 e. The quantitative estimate of drug-likeness (QED) is 0.0118. The number of aliphatic hydroxyl groups is 4. The third-order valence-corrected chi connectivity index (χ3v) is 36.1. The van der Waals surface area contributed by atoms with Gasteiger partial charge in [0.05, 0.1) is 77.3 Å². The van der Waals surface area contributed by atoms with Crippen molar-refractivity contribution in [1.82, 2.24) is 151 Å². The highest BCUT2D eigenvalue weighted by molar-refractivity contribution is 7.83. The van der Waals surface area contributed by atoms with Crippen LogP contribution in [0.1, 0.15) is 130 Å². The van der Waals surface area contributed by atoms with Crippen LogP contribution in [0.4, 0.5) is 40.5 Å². The van der Waals surface area contributed by atoms with Gasteiger partial charge in [-0.2, -0.15) is 68.6 Å². The lowest BCUT2D eigenvalue weighted by Crippen LogP contribution is -2.48. The van der Waals surface area contributed by atoms with Gasteiger partial charge < -0.3 is 131 Å². The summed E-state index contributed by atoms with van der Waals surface area (Å²) in [6.45, 7) is 41.4. The van der Waals surface area contributed by atoms with E-state index in [4.69, 9.17) is 106 Å². The summed E-state index contributed by atoms with van der Waals surface area (Å²) in [5.41, 5.74) is 41.3. The predicted molar refractivity (Wildman–Crippen MR) is 596 cm³/mol. The monoisotopic (exact) mass is 2230 g/mol. The summed E-state index contributed by atoms with van der Waals surface area (Å²) in [6, 6.07) is 7.29. The molecule has 35 N–H and O–H groups in total. The van der Waals surface area contributed by atoms with Gasteiger partial charge in [0.1, 0.15) is 23.3 Å². The van der Waals surface area contributed by atoms with Crippen molar-refractivity contribution >= 4 is 87.2 Å². The standard InChI is InChI=1S/C10H17N7O.C8H17N7.C7H30N13P3.C7H14N6.C7H20N3O10P3.C7H15N.C6H10N2.C6H8N2.C5H5N.C4H11N3.2C4H6N2.C3H6O.2C2H6/c1-5-7-14-8(13-6(2)11-3)16-9(15-7)17-10(18)12-4;1-6-13-7(11-4-2-9)15-8(14-6)12-5-3-10;1-3-13-22(15-5-9)18-21(12-2,14-4-8)19-23(20-22,16-6-10)17-7-11;1-3-9-6-11-5(2)12-7(13-6)10-4-8;1-3-16-22(18-5-12)8-21(15-2,17-4-11)9-23(10-22,19-6-13)20-7-14;1-2-7-3-5-8-6-4-7;1-5-4-7-6(2)8(5)3;1-2-6-3-4-7-8-5-6;1-2-4-6-5-3-1;1-7-3-5-2-6-4-7;2*1-6-3-2-5-4-6;1-3-2-4-3;2*1-2/h11H,2,5H2,1,3-4H3,(H3,12,13,14,15,16,17,18);2-5,9-10H2,1H3,(H2,11,12,13,14,15);12-17H,3-11H2,1-2H3;3-4,8H2,1-2H3,(H2,9,10,11,12,13);11-14H,3-7H2,1-2H3;7-8H,2-6H2,1H3;4H,1-3H3;3-5H,2H2,1H3;1-5H;5-6H,2-4H2,1H3;2*2-4H,1H3;3H,2H2,1H3;2*1-2H3. The van der Waals surface area contributed by atoms with E-state index < -0.39 is 72.7 Å². The normalized spacial score (nSPS) is 17.8. The van der Waals surface area contributed by atoms with E-state index in [-0.39, 0.29) is 45.3 Å². The smallest absolute Gasteiger partial charge is 0.353 e. The molecule has 0 saturated carbocycles. The Morgan fingerprint density at radius 3 is 1.30 bits per heavy atom. The van der Waals surface area contributed by atoms with E-state index in [1.54, 1.807) is 70.9 Å². The van der Waals surface area contributed by atoms with Crippen LogP contribution < -0.4 is 129 Å². The molecule has 3 saturated heterocycles. The number of epoxide rings is 1. The summed E-state index contributed by atoms with van der Waals surface area (Å²) in [6.07, 6.45) is 26.1. The average molecular weight is 2230 g/mol. The minimum atomic E-state index is -3.71. The Morgan fingerprint density at radius 1 is 0.517 bits per heavy atom. The van der Waals surface area contributed by atoms with Crippen molar-refractivity contribution in [2.24, 2.45) is 94.3 Å². The number of piperidine rings is 1. The number of ether oxygens (including phenoxy) is 1. The number of hydrogen-bond acceptors (Lipinski definition) is 56. The molecule has 0 radical (unpaired) electrons. The van der Waals surface area contributed by atoms with E-state index in [2.05, 4.69) is 221 Å². The molecule has 8 aromatic rings. The molecule has 13 rings (SSSR count). The number of rotatable bonds is 39. The first-order chi connectivity index (χ1) is 71.7. The van der Waals surface area contributed by atoms with Crippen LogP contribution in [0.25, 0.3) is 0 Å². The molecule has 852 valence electrons. The van der Waals surface area contributed by atoms with Crippen molar-refractivity contribution in [2.45, 2.75) is 142 Å². The van der Waals surface area contributed by atoms with E-state index in [9.17, 15) is 4.79 Å². The fraction of sp³-hybridized carbons (Fsp3) is 0.634. The highest BCUT2D eigenvalue weighted by Gasteiger charge is 2.43. The van der Waals surface area contributed by atoms with Crippen LogP contribution in [0.5, 0.6) is 0 Å². The number of aryl methyl sites for hydroxylation is 8. The van der Waals surface area contributed by atoms with Crippen molar-refractivity contribution in [3.8, 4) is 0 Å². The van der Waals surface area contributed by atoms with E-state index >= 15 is 0 Å². The number of amides is 2. The molecule has 2 amide bonds. The number of pyridine rings is 1. The van der Waals surface area contributed by atoms with Crippen LogP contribution >= 0.6 is 45.5 Å². The summed E-state index contributed by atoms with van der Waals surface area (Å²) in [7, 11) is -4.31. The summed E-state index contributed by atoms with van der Waals surface area (Å²) in [4.78, 5) is 65.7. The maximum absolute atomic E-state index is 11.2. The number of carbonyl (C=O) groups is 1. The molecule has 67 heteroatoms. The van der Waals surface area contributed by atoms with Crippen molar-refractivity contribution < 1.29 is 57.1 Å². The van der Waals surface area contributed by atoms with Crippen LogP contribution in [0.2, 0.25) is 0 Å². The van der Waals surface area contributed by atoms with Crippen molar-refractivity contribution in [2.75, 3.05) is 213 Å². The van der Waals surface area contributed by atoms with Gasteiger partial charge >= 0.3 is 29.0 Å². The lowest BCUT2D eigenvalue weighted by Gasteiger charge is -2.36. The van der Waals surface area contributed by atoms with Crippen LogP contribution in [0, 0.1) is 33.6 Å². The van der Waals surface area contributed by atoms with Gasteiger partial charge in [0, 0.05) is 163 Å². The molecule has 5 aliphatic heterocycles. The lowest BCUT2D eigenvalue weighted by molar-refractivity contribution is 0.0514. The molecule has 0 aromatic carbocycles. The van der Waals surface area contributed by atoms with Crippen LogP contribution in [-0.2, 0) is 65.9 Å². The number of aliphatic hydroxyl groups excluding tert-OH is 4. The Kier molecular flexibility index (Phi) is 83.3. The first-order valence-electron chi connectivity index (χ1n) is 48.2. The number of imidazole rings is 3. The zero-order chi connectivity index (χ0) is 112. The SMILES string of the molecule is C=C(NC)Nc1nc(CC)nc(NC(=O)NC)n1.CC.CC.CC1CO1.CCC1CCNCC1.CCNP1(NCN)=NP(NC)(NCN)=NP(NCN)(NCN)=N1.CCNc1nc(C)nc(NCN)n1.CCOP1(OCO)=NP(OC)(OCO)=NP(OCO)(OCO)=N1.CCc1ccnnc1.CN1CNCNC1.Cc1cnc(C)n1C.Cc1nc(NCCN)nc(NCCN)n1.Cn1ccnc1.Cn1ccnc1.c1ccncc1. The minimum absolute atomic E-state index is 0.0852. The summed E-state index contributed by atoms with van der Waals surface area (Å²) in [5, 5.41) is 94.8. The molecule has 13 heterocycles. The Balaban J connectivity index is 0. The minimum Gasteiger partial charge on any atom is -0.375 e. The zero-order valence-corrected chi connectivity index (χ0v) is 96.4. The van der Waals surface area contributed by atoms with Gasteiger partial charge in [0.15, 0.2) is 27.2 Å². The highest BCUT2D eigenvalue weighted by Crippen LogP contribution is 2.80. The third kappa shape index (κ3) is 64.5. The van der Waals surface area contributed by atoms with E-state index in [1.807, 2.05) is 149 Å². The average Bonchev–Trinajstić information content (AvgIpc) is 1.48. The molecule has 61 nitrogen and oxygen atoms in total. The number of nitrogens with two attached hydrogens (primary N) is 7. The number of anilines is 6. The second kappa shape index (κ2) is 87.4. The molecule has 5 aliphatic rings. The predicted octanol–water partition coefficient (Wildman–Crippen LogP) is 6.06. The zero-order valence-electron chi connectivity index (χ0n) is 91.1. The first-order valence-corrected chi connectivity index (χ1v) is 57.9. The van der Waals surface area contributed by atoms with Gasteiger partial charge in [-0.15, -0.1) is 13.5 Å². The fourth-order valence-electron chi connectivity index (χ4n) is 10.4. The van der Waals surface area contributed by atoms with Gasteiger partial charge in [0.2, 0.25) is 58.2 Å². The summed E-state index contributed by atoms with van der Waals surface area (Å²) < 4.78 is 67.9. The number of carbonyl (C=O) groups excluding carboxylic acids is 1. The Hall–Kier alpha value is -9.04. The third-order valence-electron chi connectivity index (χ3n) is 17.7. The number of hydrogen-bond donors (Lipinski definition) is 28. The van der Waals surface area contributed by atoms with Crippen molar-refractivity contribution in [1.29, 1.82) is 0 Å². The van der Waals surface area contributed by atoms with E-state index in [0.717, 1.165) is 51.3 Å². The molecule has 8 aromatic heterocycles. The van der Waals surface area contributed by atoms with Gasteiger partial charge in [0.25, 0.3) is 0 Å². The van der Waals surface area contributed by atoms with Gasteiger partial charge in [-0.3, -0.25) is 54.1 Å². The number of urea groups is 1. The molecule has 5 unspecified atom stereocenters.